The van der Waals surface area contributed by atoms with Gasteiger partial charge in [-0.25, -0.2) is 4.98 Å². The molecule has 5 heteroatoms. The number of aryl methyl sites for hydroxylation is 1. The molecule has 0 saturated heterocycles. The Morgan fingerprint density at radius 1 is 1.39 bits per heavy atom. The summed E-state index contributed by atoms with van der Waals surface area (Å²) in [5.41, 5.74) is 8.84. The third-order valence-electron chi connectivity index (χ3n) is 3.56. The maximum atomic E-state index is 12.2. The number of thiazole rings is 1. The van der Waals surface area contributed by atoms with E-state index in [1.165, 1.54) is 5.56 Å². The summed E-state index contributed by atoms with van der Waals surface area (Å²) in [7, 11) is 0. The Bertz CT molecular complexity index is 651. The van der Waals surface area contributed by atoms with Gasteiger partial charge < -0.3 is 11.1 Å². The first-order chi connectivity index (χ1) is 11.0. The van der Waals surface area contributed by atoms with Crippen molar-refractivity contribution in [1.29, 1.82) is 0 Å². The van der Waals surface area contributed by atoms with Gasteiger partial charge in [-0.15, -0.1) is 11.3 Å². The second-order valence-corrected chi connectivity index (χ2v) is 7.18. The fourth-order valence-corrected chi connectivity index (χ4v) is 3.34. The lowest BCUT2D eigenvalue weighted by Crippen LogP contribution is -2.41. The van der Waals surface area contributed by atoms with Crippen LogP contribution in [0.3, 0.4) is 0 Å². The smallest absolute Gasteiger partial charge is 0.226 e. The molecular formula is C18H25N3OS. The maximum absolute atomic E-state index is 12.2. The van der Waals surface area contributed by atoms with Crippen molar-refractivity contribution in [1.82, 2.24) is 10.3 Å². The summed E-state index contributed by atoms with van der Waals surface area (Å²) in [4.78, 5) is 16.7. The Labute approximate surface area is 142 Å². The van der Waals surface area contributed by atoms with Gasteiger partial charge in [0.05, 0.1) is 12.1 Å². The van der Waals surface area contributed by atoms with E-state index in [9.17, 15) is 4.79 Å². The van der Waals surface area contributed by atoms with Crippen LogP contribution in [0.25, 0.3) is 10.6 Å². The Morgan fingerprint density at radius 3 is 2.83 bits per heavy atom. The molecular weight excluding hydrogens is 306 g/mol. The molecule has 1 unspecified atom stereocenters. The van der Waals surface area contributed by atoms with Gasteiger partial charge in [-0.3, -0.25) is 4.79 Å². The van der Waals surface area contributed by atoms with Gasteiger partial charge in [0.15, 0.2) is 0 Å². The highest BCUT2D eigenvalue weighted by Gasteiger charge is 2.14. The topological polar surface area (TPSA) is 68.0 Å². The molecule has 1 aromatic heterocycles. The molecule has 4 nitrogen and oxygen atoms in total. The van der Waals surface area contributed by atoms with E-state index in [4.69, 9.17) is 5.73 Å². The van der Waals surface area contributed by atoms with Crippen LogP contribution in [0.5, 0.6) is 0 Å². The molecule has 0 saturated carbocycles. The molecule has 0 fully saturated rings. The van der Waals surface area contributed by atoms with Gasteiger partial charge in [0.2, 0.25) is 5.91 Å². The average molecular weight is 331 g/mol. The second kappa shape index (κ2) is 8.22. The fourth-order valence-electron chi connectivity index (χ4n) is 2.53. The quantitative estimate of drug-likeness (QED) is 0.819. The number of nitrogens with two attached hydrogens (primary N) is 1. The van der Waals surface area contributed by atoms with E-state index in [-0.39, 0.29) is 11.9 Å². The standard InChI is InChI=1S/C18H25N3OS/c1-12(2)7-15(10-19)20-17(22)9-16-11-23-18(21-16)14-6-4-5-13(3)8-14/h4-6,8,11-12,15H,7,9-10,19H2,1-3H3,(H,20,22). The zero-order valence-electron chi connectivity index (χ0n) is 14.0. The van der Waals surface area contributed by atoms with E-state index in [1.54, 1.807) is 11.3 Å². The number of hydrogen-bond donors (Lipinski definition) is 2. The number of hydrogen-bond acceptors (Lipinski definition) is 4. The highest BCUT2D eigenvalue weighted by Crippen LogP contribution is 2.24. The van der Waals surface area contributed by atoms with Gasteiger partial charge in [-0.05, 0) is 25.3 Å². The number of rotatable bonds is 7. The summed E-state index contributed by atoms with van der Waals surface area (Å²) in [6, 6.07) is 8.28. The zero-order valence-corrected chi connectivity index (χ0v) is 14.8. The summed E-state index contributed by atoms with van der Waals surface area (Å²) in [6.07, 6.45) is 1.20. The molecule has 0 aliphatic rings. The molecule has 1 atom stereocenters. The highest BCUT2D eigenvalue weighted by molar-refractivity contribution is 7.13. The lowest BCUT2D eigenvalue weighted by molar-refractivity contribution is -0.121. The molecule has 0 aliphatic carbocycles. The van der Waals surface area contributed by atoms with E-state index in [0.717, 1.165) is 22.7 Å². The van der Waals surface area contributed by atoms with Gasteiger partial charge in [0, 0.05) is 23.5 Å². The van der Waals surface area contributed by atoms with Crippen molar-refractivity contribution in [3.63, 3.8) is 0 Å². The molecule has 0 bridgehead atoms. The number of carbonyl (C=O) groups excluding carboxylic acids is 1. The van der Waals surface area contributed by atoms with Gasteiger partial charge in [-0.1, -0.05) is 37.6 Å². The molecule has 0 aliphatic heterocycles. The first kappa shape index (κ1) is 17.6. The molecule has 1 amide bonds. The molecule has 0 spiro atoms. The highest BCUT2D eigenvalue weighted by atomic mass is 32.1. The van der Waals surface area contributed by atoms with Crippen LogP contribution in [0, 0.1) is 12.8 Å². The first-order valence-electron chi connectivity index (χ1n) is 7.98. The number of nitrogens with one attached hydrogen (secondary N) is 1. The number of carbonyl (C=O) groups is 1. The summed E-state index contributed by atoms with van der Waals surface area (Å²) in [5.74, 6) is 0.498. The van der Waals surface area contributed by atoms with Crippen molar-refractivity contribution in [2.24, 2.45) is 11.7 Å². The summed E-state index contributed by atoms with van der Waals surface area (Å²) >= 11 is 1.57. The van der Waals surface area contributed by atoms with Crippen LogP contribution in [0.15, 0.2) is 29.6 Å². The van der Waals surface area contributed by atoms with Crippen LogP contribution in [-0.4, -0.2) is 23.5 Å². The normalized spacial score (nSPS) is 12.4. The lowest BCUT2D eigenvalue weighted by atomic mass is 10.0. The molecule has 2 rings (SSSR count). The first-order valence-corrected chi connectivity index (χ1v) is 8.86. The minimum Gasteiger partial charge on any atom is -0.352 e. The van der Waals surface area contributed by atoms with Crippen molar-refractivity contribution in [3.8, 4) is 10.6 Å². The lowest BCUT2D eigenvalue weighted by Gasteiger charge is -2.18. The average Bonchev–Trinajstić information content (AvgIpc) is 2.94. The number of aromatic nitrogens is 1. The predicted molar refractivity (Wildman–Crippen MR) is 96.4 cm³/mol. The van der Waals surface area contributed by atoms with Gasteiger partial charge >= 0.3 is 0 Å². The summed E-state index contributed by atoms with van der Waals surface area (Å²) in [6.45, 7) is 6.79. The maximum Gasteiger partial charge on any atom is 0.226 e. The van der Waals surface area contributed by atoms with Crippen molar-refractivity contribution in [2.45, 2.75) is 39.7 Å². The van der Waals surface area contributed by atoms with Gasteiger partial charge in [0.1, 0.15) is 5.01 Å². The Hall–Kier alpha value is -1.72. The molecule has 1 heterocycles. The number of amides is 1. The molecule has 0 radical (unpaired) electrons. The number of benzene rings is 1. The number of nitrogens with zero attached hydrogens (tertiary/aromatic N) is 1. The molecule has 124 valence electrons. The van der Waals surface area contributed by atoms with Crippen LogP contribution in [0.1, 0.15) is 31.5 Å². The van der Waals surface area contributed by atoms with Gasteiger partial charge in [-0.2, -0.15) is 0 Å². The summed E-state index contributed by atoms with van der Waals surface area (Å²) in [5, 5.41) is 5.91. The molecule has 2 aromatic rings. The van der Waals surface area contributed by atoms with Crippen LogP contribution < -0.4 is 11.1 Å². The van der Waals surface area contributed by atoms with Crippen LogP contribution >= 0.6 is 11.3 Å². The van der Waals surface area contributed by atoms with Crippen molar-refractivity contribution in [2.75, 3.05) is 6.54 Å². The molecule has 3 N–H and O–H groups in total. The van der Waals surface area contributed by atoms with E-state index in [0.29, 0.717) is 18.9 Å². The van der Waals surface area contributed by atoms with E-state index >= 15 is 0 Å². The minimum atomic E-state index is -0.0119. The van der Waals surface area contributed by atoms with Crippen molar-refractivity contribution < 1.29 is 4.79 Å². The van der Waals surface area contributed by atoms with E-state index < -0.39 is 0 Å². The van der Waals surface area contributed by atoms with Crippen LogP contribution in [0.4, 0.5) is 0 Å². The minimum absolute atomic E-state index is 0.0119. The Kier molecular flexibility index (Phi) is 6.30. The third-order valence-corrected chi connectivity index (χ3v) is 4.50. The fraction of sp³-hybridized carbons (Fsp3) is 0.444. The van der Waals surface area contributed by atoms with Crippen molar-refractivity contribution >= 4 is 17.2 Å². The predicted octanol–water partition coefficient (Wildman–Crippen LogP) is 3.15. The van der Waals surface area contributed by atoms with Crippen molar-refractivity contribution in [3.05, 3.63) is 40.9 Å². The zero-order chi connectivity index (χ0) is 16.8. The van der Waals surface area contributed by atoms with E-state index in [2.05, 4.69) is 43.2 Å². The van der Waals surface area contributed by atoms with Crippen LogP contribution in [-0.2, 0) is 11.2 Å². The molecule has 23 heavy (non-hydrogen) atoms. The molecule has 1 aromatic carbocycles. The van der Waals surface area contributed by atoms with Gasteiger partial charge in [0.25, 0.3) is 0 Å². The monoisotopic (exact) mass is 331 g/mol. The van der Waals surface area contributed by atoms with Crippen LogP contribution in [0.2, 0.25) is 0 Å². The Morgan fingerprint density at radius 2 is 2.17 bits per heavy atom. The summed E-state index contributed by atoms with van der Waals surface area (Å²) < 4.78 is 0. The van der Waals surface area contributed by atoms with E-state index in [1.807, 2.05) is 17.5 Å². The largest absolute Gasteiger partial charge is 0.352 e. The second-order valence-electron chi connectivity index (χ2n) is 6.32. The Balaban J connectivity index is 1.97. The third kappa shape index (κ3) is 5.44. The SMILES string of the molecule is Cc1cccc(-c2nc(CC(=O)NC(CN)CC(C)C)cs2)c1.